The highest BCUT2D eigenvalue weighted by Crippen LogP contribution is 2.18. The Morgan fingerprint density at radius 1 is 1.10 bits per heavy atom. The van der Waals surface area contributed by atoms with Crippen molar-refractivity contribution in [2.75, 3.05) is 24.3 Å². The maximum absolute atomic E-state index is 12.0. The molecule has 1 aliphatic heterocycles. The van der Waals surface area contributed by atoms with E-state index in [1.165, 1.54) is 0 Å². The van der Waals surface area contributed by atoms with Gasteiger partial charge in [0.2, 0.25) is 5.70 Å². The molecule has 2 heterocycles. The highest BCUT2D eigenvalue weighted by atomic mass is 16.2. The van der Waals surface area contributed by atoms with E-state index in [0.717, 1.165) is 17.1 Å². The molecule has 2 aromatic rings. The Morgan fingerprint density at radius 2 is 1.85 bits per heavy atom. The summed E-state index contributed by atoms with van der Waals surface area (Å²) in [7, 11) is 4.01. The van der Waals surface area contributed by atoms with Crippen molar-refractivity contribution in [2.24, 2.45) is 0 Å². The molecule has 20 heavy (non-hydrogen) atoms. The molecule has 0 atom stereocenters. The Bertz CT molecular complexity index is 687. The van der Waals surface area contributed by atoms with E-state index in [9.17, 15) is 4.79 Å². The van der Waals surface area contributed by atoms with Gasteiger partial charge < -0.3 is 4.90 Å². The van der Waals surface area contributed by atoms with Crippen LogP contribution in [0, 0.1) is 0 Å². The molecule has 1 aliphatic rings. The van der Waals surface area contributed by atoms with Crippen molar-refractivity contribution < 1.29 is 9.36 Å². The van der Waals surface area contributed by atoms with Crippen molar-refractivity contribution in [1.82, 2.24) is 0 Å². The molecule has 1 N–H and O–H groups in total. The van der Waals surface area contributed by atoms with Gasteiger partial charge in [0.05, 0.1) is 6.20 Å². The standard InChI is InChI=1S/C16H15N3O/c1-18(2)13-8-6-12(7-9-13)11-14-16(20)17-15-5-3-4-10-19(14)15/h3-11H,1-2H3/p+1/b14-11+. The SMILES string of the molecule is CN(C)c1ccc(/C=C2\C(=O)Nc3cccc[n+]32)cc1. The number of rotatable bonds is 2. The highest BCUT2D eigenvalue weighted by molar-refractivity contribution is 6.23. The average molecular weight is 266 g/mol. The zero-order chi connectivity index (χ0) is 14.1. The Balaban J connectivity index is 1.98. The first kappa shape index (κ1) is 12.4. The molecule has 0 bridgehead atoms. The van der Waals surface area contributed by atoms with Gasteiger partial charge in [0.25, 0.3) is 5.82 Å². The summed E-state index contributed by atoms with van der Waals surface area (Å²) in [6.07, 6.45) is 3.78. The first-order chi connectivity index (χ1) is 9.65. The van der Waals surface area contributed by atoms with Crippen molar-refractivity contribution in [3.8, 4) is 0 Å². The van der Waals surface area contributed by atoms with E-state index in [0.29, 0.717) is 5.70 Å². The molecule has 100 valence electrons. The number of anilines is 2. The van der Waals surface area contributed by atoms with Crippen LogP contribution in [-0.2, 0) is 4.79 Å². The summed E-state index contributed by atoms with van der Waals surface area (Å²) < 4.78 is 1.86. The minimum atomic E-state index is -0.0760. The molecule has 1 aromatic carbocycles. The number of fused-ring (bicyclic) bond motifs is 1. The Morgan fingerprint density at radius 3 is 2.55 bits per heavy atom. The topological polar surface area (TPSA) is 36.2 Å². The van der Waals surface area contributed by atoms with Gasteiger partial charge in [0, 0.05) is 31.9 Å². The summed E-state index contributed by atoms with van der Waals surface area (Å²) >= 11 is 0. The van der Waals surface area contributed by atoms with Crippen LogP contribution in [0.15, 0.2) is 48.7 Å². The molecule has 0 unspecified atom stereocenters. The maximum atomic E-state index is 12.0. The lowest BCUT2D eigenvalue weighted by Gasteiger charge is -2.11. The third-order valence-corrected chi connectivity index (χ3v) is 3.31. The van der Waals surface area contributed by atoms with Crippen LogP contribution in [0.2, 0.25) is 0 Å². The van der Waals surface area contributed by atoms with Crippen LogP contribution in [-0.4, -0.2) is 20.0 Å². The lowest BCUT2D eigenvalue weighted by Crippen LogP contribution is -2.29. The molecule has 4 heteroatoms. The van der Waals surface area contributed by atoms with E-state index < -0.39 is 0 Å². The van der Waals surface area contributed by atoms with Crippen LogP contribution < -0.4 is 14.8 Å². The minimum absolute atomic E-state index is 0.0760. The van der Waals surface area contributed by atoms with E-state index in [-0.39, 0.29) is 5.91 Å². The normalized spacial score (nSPS) is 15.1. The number of pyridine rings is 1. The maximum Gasteiger partial charge on any atom is 0.379 e. The van der Waals surface area contributed by atoms with Crippen LogP contribution >= 0.6 is 0 Å². The monoisotopic (exact) mass is 266 g/mol. The van der Waals surface area contributed by atoms with Crippen molar-refractivity contribution in [2.45, 2.75) is 0 Å². The molecule has 0 radical (unpaired) electrons. The summed E-state index contributed by atoms with van der Waals surface area (Å²) in [5, 5.41) is 2.84. The van der Waals surface area contributed by atoms with Gasteiger partial charge in [0.15, 0.2) is 0 Å². The smallest absolute Gasteiger partial charge is 0.378 e. The molecule has 0 saturated heterocycles. The van der Waals surface area contributed by atoms with Crippen LogP contribution in [0.4, 0.5) is 11.5 Å². The Labute approximate surface area is 118 Å². The van der Waals surface area contributed by atoms with Crippen LogP contribution in [0.3, 0.4) is 0 Å². The molecular formula is C16H16N3O+. The fourth-order valence-electron chi connectivity index (χ4n) is 2.21. The van der Waals surface area contributed by atoms with E-state index >= 15 is 0 Å². The van der Waals surface area contributed by atoms with Gasteiger partial charge >= 0.3 is 5.91 Å². The highest BCUT2D eigenvalue weighted by Gasteiger charge is 2.31. The molecule has 0 saturated carbocycles. The number of nitrogens with zero attached hydrogens (tertiary/aromatic N) is 2. The van der Waals surface area contributed by atoms with Crippen molar-refractivity contribution in [3.05, 3.63) is 54.2 Å². The van der Waals surface area contributed by atoms with Gasteiger partial charge in [0.1, 0.15) is 0 Å². The van der Waals surface area contributed by atoms with Crippen molar-refractivity contribution in [1.29, 1.82) is 0 Å². The van der Waals surface area contributed by atoms with E-state index in [1.807, 2.05) is 78.3 Å². The lowest BCUT2D eigenvalue weighted by atomic mass is 10.1. The summed E-state index contributed by atoms with van der Waals surface area (Å²) in [5.74, 6) is 0.724. The Kier molecular flexibility index (Phi) is 2.99. The number of amides is 1. The quantitative estimate of drug-likeness (QED) is 0.666. The number of hydrogen-bond acceptors (Lipinski definition) is 2. The zero-order valence-electron chi connectivity index (χ0n) is 11.5. The van der Waals surface area contributed by atoms with Gasteiger partial charge in [-0.25, -0.2) is 10.1 Å². The number of nitrogens with one attached hydrogen (secondary N) is 1. The third-order valence-electron chi connectivity index (χ3n) is 3.31. The van der Waals surface area contributed by atoms with E-state index in [2.05, 4.69) is 5.32 Å². The van der Waals surface area contributed by atoms with Gasteiger partial charge in [-0.1, -0.05) is 18.2 Å². The first-order valence-electron chi connectivity index (χ1n) is 6.46. The number of aromatic nitrogens is 1. The number of hydrogen-bond donors (Lipinski definition) is 1. The lowest BCUT2D eigenvalue weighted by molar-refractivity contribution is -0.556. The largest absolute Gasteiger partial charge is 0.379 e. The molecule has 3 rings (SSSR count). The average Bonchev–Trinajstić information content (AvgIpc) is 2.76. The summed E-state index contributed by atoms with van der Waals surface area (Å²) in [4.78, 5) is 14.0. The Hall–Kier alpha value is -2.62. The summed E-state index contributed by atoms with van der Waals surface area (Å²) in [6, 6.07) is 13.8. The van der Waals surface area contributed by atoms with Crippen molar-refractivity contribution >= 4 is 29.2 Å². The van der Waals surface area contributed by atoms with E-state index in [4.69, 9.17) is 0 Å². The predicted molar refractivity (Wildman–Crippen MR) is 80.2 cm³/mol. The molecule has 0 fully saturated rings. The molecule has 1 amide bonds. The summed E-state index contributed by atoms with van der Waals surface area (Å²) in [6.45, 7) is 0. The second kappa shape index (κ2) is 4.81. The van der Waals surface area contributed by atoms with E-state index in [1.54, 1.807) is 0 Å². The van der Waals surface area contributed by atoms with Crippen LogP contribution in [0.1, 0.15) is 5.56 Å². The van der Waals surface area contributed by atoms with Crippen LogP contribution in [0.5, 0.6) is 0 Å². The summed E-state index contributed by atoms with van der Waals surface area (Å²) in [5.41, 5.74) is 2.78. The molecule has 4 nitrogen and oxygen atoms in total. The fourth-order valence-corrected chi connectivity index (χ4v) is 2.21. The predicted octanol–water partition coefficient (Wildman–Crippen LogP) is 1.99. The van der Waals surface area contributed by atoms with Crippen molar-refractivity contribution in [3.63, 3.8) is 0 Å². The van der Waals surface area contributed by atoms with Gasteiger partial charge in [-0.2, -0.15) is 4.57 Å². The number of carbonyl (C=O) groups excluding carboxylic acids is 1. The van der Waals surface area contributed by atoms with Gasteiger partial charge in [-0.05, 0) is 23.8 Å². The molecular weight excluding hydrogens is 250 g/mol. The number of benzene rings is 1. The third kappa shape index (κ3) is 2.16. The van der Waals surface area contributed by atoms with Gasteiger partial charge in [-0.3, -0.25) is 0 Å². The second-order valence-electron chi connectivity index (χ2n) is 4.93. The molecule has 0 aliphatic carbocycles. The van der Waals surface area contributed by atoms with Gasteiger partial charge in [-0.15, -0.1) is 0 Å². The fraction of sp³-hybridized carbons (Fsp3) is 0.125. The zero-order valence-corrected chi connectivity index (χ0v) is 11.5. The molecule has 1 aromatic heterocycles. The first-order valence-corrected chi connectivity index (χ1v) is 6.46. The van der Waals surface area contributed by atoms with Crippen LogP contribution in [0.25, 0.3) is 11.8 Å². The second-order valence-corrected chi connectivity index (χ2v) is 4.93. The minimum Gasteiger partial charge on any atom is -0.378 e. The molecule has 0 spiro atoms. The number of carbonyl (C=O) groups is 1.